The van der Waals surface area contributed by atoms with Crippen LogP contribution in [-0.4, -0.2) is 59.7 Å². The molecule has 1 aliphatic rings. The van der Waals surface area contributed by atoms with Gasteiger partial charge in [0, 0.05) is 7.11 Å². The van der Waals surface area contributed by atoms with Gasteiger partial charge in [-0.15, -0.1) is 0 Å². The maximum Gasteiger partial charge on any atom is 0.185 e. The molecule has 0 bridgehead atoms. The number of furan rings is 1. The second-order valence-corrected chi connectivity index (χ2v) is 4.43. The molecule has 7 heteroatoms. The topological polar surface area (TPSA) is 104 Å². The summed E-state index contributed by atoms with van der Waals surface area (Å²) in [5.74, 6) is 0.681. The summed E-state index contributed by atoms with van der Waals surface area (Å²) in [6, 6.07) is 2.85. The van der Waals surface area contributed by atoms with Gasteiger partial charge in [-0.05, 0) is 12.1 Å². The zero-order valence-corrected chi connectivity index (χ0v) is 10.6. The molecule has 1 aliphatic heterocycles. The maximum absolute atomic E-state index is 10.1. The zero-order chi connectivity index (χ0) is 13.8. The standard InChI is InChI=1S/C12H19NO6/c1-17-12-11(16)9(10(15)8(6-14)19-12)13-5-7-3-2-4-18-7/h2-4,8-16H,5-6H2,1H3/t8-,9+,10-,11-,12+/m1/s1. The van der Waals surface area contributed by atoms with Crippen molar-refractivity contribution in [2.24, 2.45) is 0 Å². The van der Waals surface area contributed by atoms with Crippen LogP contribution in [0.2, 0.25) is 0 Å². The van der Waals surface area contributed by atoms with Crippen molar-refractivity contribution >= 4 is 0 Å². The summed E-state index contributed by atoms with van der Waals surface area (Å²) in [6.07, 6.45) is -2.24. The number of aliphatic hydroxyl groups is 3. The van der Waals surface area contributed by atoms with E-state index in [9.17, 15) is 10.2 Å². The molecule has 1 fully saturated rings. The molecule has 0 saturated carbocycles. The average Bonchev–Trinajstić information content (AvgIpc) is 2.92. The van der Waals surface area contributed by atoms with Crippen molar-refractivity contribution in [1.82, 2.24) is 5.32 Å². The average molecular weight is 273 g/mol. The normalized spacial score (nSPS) is 35.5. The third-order valence-electron chi connectivity index (χ3n) is 3.21. The number of aliphatic hydroxyl groups excluding tert-OH is 3. The van der Waals surface area contributed by atoms with Crippen LogP contribution in [0.1, 0.15) is 5.76 Å². The van der Waals surface area contributed by atoms with Gasteiger partial charge in [0.2, 0.25) is 0 Å². The zero-order valence-electron chi connectivity index (χ0n) is 10.6. The lowest BCUT2D eigenvalue weighted by molar-refractivity contribution is -0.271. The van der Waals surface area contributed by atoms with E-state index in [1.807, 2.05) is 0 Å². The Bertz CT molecular complexity index is 354. The van der Waals surface area contributed by atoms with Gasteiger partial charge in [0.25, 0.3) is 0 Å². The van der Waals surface area contributed by atoms with Gasteiger partial charge in [-0.1, -0.05) is 0 Å². The predicted octanol–water partition coefficient (Wildman–Crippen LogP) is -1.18. The van der Waals surface area contributed by atoms with Gasteiger partial charge < -0.3 is 34.5 Å². The number of rotatable bonds is 5. The van der Waals surface area contributed by atoms with Crippen LogP contribution in [0.25, 0.3) is 0 Å². The van der Waals surface area contributed by atoms with Crippen molar-refractivity contribution in [2.45, 2.75) is 37.2 Å². The lowest BCUT2D eigenvalue weighted by atomic mass is 9.96. The number of nitrogens with one attached hydrogen (secondary N) is 1. The van der Waals surface area contributed by atoms with Gasteiger partial charge in [-0.25, -0.2) is 0 Å². The Balaban J connectivity index is 2.01. The van der Waals surface area contributed by atoms with Crippen LogP contribution < -0.4 is 5.32 Å². The Hall–Kier alpha value is -0.960. The molecule has 2 heterocycles. The summed E-state index contributed by atoms with van der Waals surface area (Å²) in [5, 5.41) is 32.3. The number of hydrogen-bond donors (Lipinski definition) is 4. The lowest BCUT2D eigenvalue weighted by Gasteiger charge is -2.41. The number of hydrogen-bond acceptors (Lipinski definition) is 7. The highest BCUT2D eigenvalue weighted by Gasteiger charge is 2.44. The van der Waals surface area contributed by atoms with Crippen LogP contribution in [0.3, 0.4) is 0 Å². The predicted molar refractivity (Wildman–Crippen MR) is 64.1 cm³/mol. The molecule has 108 valence electrons. The van der Waals surface area contributed by atoms with Gasteiger partial charge >= 0.3 is 0 Å². The van der Waals surface area contributed by atoms with Gasteiger partial charge in [0.15, 0.2) is 6.29 Å². The summed E-state index contributed by atoms with van der Waals surface area (Å²) in [6.45, 7) is -0.00690. The van der Waals surface area contributed by atoms with E-state index in [2.05, 4.69) is 5.32 Å². The van der Waals surface area contributed by atoms with Crippen LogP contribution in [0, 0.1) is 0 Å². The van der Waals surface area contributed by atoms with E-state index < -0.39 is 30.6 Å². The van der Waals surface area contributed by atoms with Crippen LogP contribution in [-0.2, 0) is 16.0 Å². The van der Waals surface area contributed by atoms with Crippen LogP contribution in [0.15, 0.2) is 22.8 Å². The molecule has 7 nitrogen and oxygen atoms in total. The molecule has 0 unspecified atom stereocenters. The first-order valence-corrected chi connectivity index (χ1v) is 6.08. The fraction of sp³-hybridized carbons (Fsp3) is 0.667. The molecule has 1 aromatic rings. The Kier molecular flexibility index (Phi) is 4.92. The first-order valence-electron chi connectivity index (χ1n) is 6.08. The molecular formula is C12H19NO6. The van der Waals surface area contributed by atoms with Gasteiger partial charge in [0.05, 0.1) is 25.5 Å². The van der Waals surface area contributed by atoms with E-state index in [1.54, 1.807) is 18.4 Å². The third-order valence-corrected chi connectivity index (χ3v) is 3.21. The van der Waals surface area contributed by atoms with Crippen molar-refractivity contribution in [1.29, 1.82) is 0 Å². The minimum atomic E-state index is -1.04. The minimum absolute atomic E-state index is 0.348. The lowest BCUT2D eigenvalue weighted by Crippen LogP contribution is -2.63. The largest absolute Gasteiger partial charge is 0.468 e. The molecular weight excluding hydrogens is 254 g/mol. The van der Waals surface area contributed by atoms with Gasteiger partial charge in [-0.3, -0.25) is 0 Å². The van der Waals surface area contributed by atoms with Crippen molar-refractivity contribution in [3.05, 3.63) is 24.2 Å². The van der Waals surface area contributed by atoms with Crippen molar-refractivity contribution in [3.63, 3.8) is 0 Å². The fourth-order valence-electron chi connectivity index (χ4n) is 2.15. The molecule has 2 rings (SSSR count). The van der Waals surface area contributed by atoms with E-state index in [-0.39, 0.29) is 6.61 Å². The Labute approximate surface area is 110 Å². The van der Waals surface area contributed by atoms with Crippen LogP contribution >= 0.6 is 0 Å². The van der Waals surface area contributed by atoms with Crippen molar-refractivity contribution in [3.8, 4) is 0 Å². The summed E-state index contributed by atoms with van der Waals surface area (Å²) in [5.41, 5.74) is 0. The molecule has 0 aromatic carbocycles. The highest BCUT2D eigenvalue weighted by molar-refractivity contribution is 5.00. The smallest absolute Gasteiger partial charge is 0.185 e. The summed E-state index contributed by atoms with van der Waals surface area (Å²) >= 11 is 0. The minimum Gasteiger partial charge on any atom is -0.468 e. The Morgan fingerprint density at radius 3 is 2.74 bits per heavy atom. The SMILES string of the molecule is CO[C@H]1O[C@H](CO)[C@@H](O)[C@H](NCc2ccco2)[C@H]1O. The third kappa shape index (κ3) is 3.14. The Morgan fingerprint density at radius 2 is 2.16 bits per heavy atom. The second-order valence-electron chi connectivity index (χ2n) is 4.43. The molecule has 1 saturated heterocycles. The van der Waals surface area contributed by atoms with Crippen LogP contribution in [0.5, 0.6) is 0 Å². The van der Waals surface area contributed by atoms with E-state index in [0.717, 1.165) is 0 Å². The fourth-order valence-corrected chi connectivity index (χ4v) is 2.15. The summed E-state index contributed by atoms with van der Waals surface area (Å²) < 4.78 is 15.4. The van der Waals surface area contributed by atoms with Gasteiger partial charge in [-0.2, -0.15) is 0 Å². The summed E-state index contributed by atoms with van der Waals surface area (Å²) in [4.78, 5) is 0. The number of methoxy groups -OCH3 is 1. The molecule has 0 aliphatic carbocycles. The Morgan fingerprint density at radius 1 is 1.37 bits per heavy atom. The molecule has 0 radical (unpaired) electrons. The molecule has 4 N–H and O–H groups in total. The highest BCUT2D eigenvalue weighted by atomic mass is 16.7. The first-order chi connectivity index (χ1) is 9.17. The molecule has 19 heavy (non-hydrogen) atoms. The number of ether oxygens (including phenoxy) is 2. The van der Waals surface area contributed by atoms with E-state index in [1.165, 1.54) is 7.11 Å². The molecule has 1 aromatic heterocycles. The van der Waals surface area contributed by atoms with E-state index in [0.29, 0.717) is 12.3 Å². The maximum atomic E-state index is 10.1. The van der Waals surface area contributed by atoms with E-state index in [4.69, 9.17) is 19.0 Å². The van der Waals surface area contributed by atoms with Crippen LogP contribution in [0.4, 0.5) is 0 Å². The second kappa shape index (κ2) is 6.47. The monoisotopic (exact) mass is 273 g/mol. The quantitative estimate of drug-likeness (QED) is 0.535. The van der Waals surface area contributed by atoms with Gasteiger partial charge in [0.1, 0.15) is 24.1 Å². The highest BCUT2D eigenvalue weighted by Crippen LogP contribution is 2.22. The molecule has 0 spiro atoms. The van der Waals surface area contributed by atoms with Crippen molar-refractivity contribution in [2.75, 3.05) is 13.7 Å². The molecule has 0 amide bonds. The van der Waals surface area contributed by atoms with E-state index >= 15 is 0 Å². The molecule has 5 atom stereocenters. The summed E-state index contributed by atoms with van der Waals surface area (Å²) in [7, 11) is 1.39. The first kappa shape index (κ1) is 14.4. The van der Waals surface area contributed by atoms with Crippen molar-refractivity contribution < 1.29 is 29.2 Å².